The molecule has 0 fully saturated rings. The summed E-state index contributed by atoms with van der Waals surface area (Å²) in [6.07, 6.45) is -1.37. The third-order valence-electron chi connectivity index (χ3n) is 1.99. The fourth-order valence-electron chi connectivity index (χ4n) is 1.29. The van der Waals surface area contributed by atoms with E-state index in [-0.39, 0.29) is 12.5 Å². The molecule has 0 aromatic carbocycles. The molecule has 1 unspecified atom stereocenters. The molecule has 0 spiro atoms. The Balaban J connectivity index is 3.77. The zero-order valence-corrected chi connectivity index (χ0v) is 8.53. The summed E-state index contributed by atoms with van der Waals surface area (Å²) in [5.74, 6) is 0. The van der Waals surface area contributed by atoms with Gasteiger partial charge in [0.25, 0.3) is 0 Å². The highest BCUT2D eigenvalue weighted by molar-refractivity contribution is 4.74. The van der Waals surface area contributed by atoms with Crippen LogP contribution in [0.4, 0.5) is 13.2 Å². The first-order valence-electron chi connectivity index (χ1n) is 4.90. The Kier molecular flexibility index (Phi) is 6.62. The van der Waals surface area contributed by atoms with Gasteiger partial charge in [-0.1, -0.05) is 13.0 Å². The molecule has 0 amide bonds. The highest BCUT2D eigenvalue weighted by Crippen LogP contribution is 2.23. The molecule has 84 valence electrons. The Labute approximate surface area is 83.4 Å². The lowest BCUT2D eigenvalue weighted by Gasteiger charge is -2.17. The molecular formula is C10H18F3N. The third kappa shape index (κ3) is 8.10. The molecule has 1 nitrogen and oxygen atoms in total. The van der Waals surface area contributed by atoms with Crippen molar-refractivity contribution in [3.63, 3.8) is 0 Å². The van der Waals surface area contributed by atoms with Gasteiger partial charge in [0, 0.05) is 12.5 Å². The number of halogens is 3. The monoisotopic (exact) mass is 209 g/mol. The predicted octanol–water partition coefficient (Wildman–Crippen LogP) is 3.27. The van der Waals surface area contributed by atoms with E-state index in [0.717, 1.165) is 12.8 Å². The number of hydrogen-bond acceptors (Lipinski definition) is 1. The standard InChI is InChI=1S/C10H18F3N/c1-3-5-6-9(14-4-2)7-8-10(11,12)13/h3,9,14H,1,4-8H2,2H3. The molecule has 0 aliphatic heterocycles. The maximum atomic E-state index is 11.9. The van der Waals surface area contributed by atoms with Crippen LogP contribution in [0.15, 0.2) is 12.7 Å². The molecular weight excluding hydrogens is 191 g/mol. The van der Waals surface area contributed by atoms with Crippen molar-refractivity contribution in [2.45, 2.75) is 44.8 Å². The molecule has 0 saturated heterocycles. The lowest BCUT2D eigenvalue weighted by Crippen LogP contribution is -2.30. The molecule has 0 saturated carbocycles. The van der Waals surface area contributed by atoms with Gasteiger partial charge in [-0.15, -0.1) is 6.58 Å². The first kappa shape index (κ1) is 13.5. The van der Waals surface area contributed by atoms with Crippen LogP contribution in [-0.4, -0.2) is 18.8 Å². The van der Waals surface area contributed by atoms with Gasteiger partial charge in [-0.25, -0.2) is 0 Å². The zero-order chi connectivity index (χ0) is 11.0. The maximum absolute atomic E-state index is 11.9. The van der Waals surface area contributed by atoms with Gasteiger partial charge in [-0.2, -0.15) is 13.2 Å². The van der Waals surface area contributed by atoms with Crippen molar-refractivity contribution in [2.75, 3.05) is 6.54 Å². The fourth-order valence-corrected chi connectivity index (χ4v) is 1.29. The minimum Gasteiger partial charge on any atom is -0.314 e. The number of alkyl halides is 3. The van der Waals surface area contributed by atoms with Crippen LogP contribution in [0, 0.1) is 0 Å². The highest BCUT2D eigenvalue weighted by atomic mass is 19.4. The third-order valence-corrected chi connectivity index (χ3v) is 1.99. The molecule has 0 bridgehead atoms. The molecule has 0 aliphatic rings. The van der Waals surface area contributed by atoms with Crippen LogP contribution in [0.3, 0.4) is 0 Å². The molecule has 0 rings (SSSR count). The first-order valence-corrected chi connectivity index (χ1v) is 4.90. The Bertz CT molecular complexity index is 154. The van der Waals surface area contributed by atoms with Gasteiger partial charge in [-0.05, 0) is 25.8 Å². The van der Waals surface area contributed by atoms with Gasteiger partial charge in [0.2, 0.25) is 0 Å². The van der Waals surface area contributed by atoms with Crippen molar-refractivity contribution < 1.29 is 13.2 Å². The largest absolute Gasteiger partial charge is 0.389 e. The zero-order valence-electron chi connectivity index (χ0n) is 8.53. The molecule has 14 heavy (non-hydrogen) atoms. The van der Waals surface area contributed by atoms with Crippen molar-refractivity contribution in [1.82, 2.24) is 5.32 Å². The first-order chi connectivity index (χ1) is 6.49. The molecule has 0 aromatic heterocycles. The van der Waals surface area contributed by atoms with E-state index in [2.05, 4.69) is 11.9 Å². The van der Waals surface area contributed by atoms with Crippen molar-refractivity contribution in [3.8, 4) is 0 Å². The summed E-state index contributed by atoms with van der Waals surface area (Å²) >= 11 is 0. The second kappa shape index (κ2) is 6.87. The normalized spacial score (nSPS) is 14.0. The summed E-state index contributed by atoms with van der Waals surface area (Å²) in [4.78, 5) is 0. The average Bonchev–Trinajstić information content (AvgIpc) is 2.08. The van der Waals surface area contributed by atoms with Crippen LogP contribution in [0.25, 0.3) is 0 Å². The summed E-state index contributed by atoms with van der Waals surface area (Å²) in [5, 5.41) is 3.04. The Morgan fingerprint density at radius 1 is 1.36 bits per heavy atom. The summed E-state index contributed by atoms with van der Waals surface area (Å²) in [6, 6.07) is -0.0420. The highest BCUT2D eigenvalue weighted by Gasteiger charge is 2.27. The number of allylic oxidation sites excluding steroid dienone is 1. The number of rotatable bonds is 7. The minimum atomic E-state index is -4.04. The van der Waals surface area contributed by atoms with E-state index in [1.54, 1.807) is 6.08 Å². The Hall–Kier alpha value is -0.510. The van der Waals surface area contributed by atoms with Gasteiger partial charge in [0.05, 0.1) is 0 Å². The van der Waals surface area contributed by atoms with Crippen molar-refractivity contribution in [3.05, 3.63) is 12.7 Å². The Morgan fingerprint density at radius 2 is 2.00 bits per heavy atom. The van der Waals surface area contributed by atoms with Crippen LogP contribution < -0.4 is 5.32 Å². The maximum Gasteiger partial charge on any atom is 0.389 e. The lowest BCUT2D eigenvalue weighted by atomic mass is 10.1. The van der Waals surface area contributed by atoms with E-state index in [1.807, 2.05) is 6.92 Å². The summed E-state index contributed by atoms with van der Waals surface area (Å²) in [7, 11) is 0. The van der Waals surface area contributed by atoms with E-state index in [0.29, 0.717) is 6.54 Å². The number of hydrogen-bond donors (Lipinski definition) is 1. The van der Waals surface area contributed by atoms with Crippen LogP contribution >= 0.6 is 0 Å². The number of nitrogens with one attached hydrogen (secondary N) is 1. The van der Waals surface area contributed by atoms with Crippen molar-refractivity contribution >= 4 is 0 Å². The quantitative estimate of drug-likeness (QED) is 0.634. The van der Waals surface area contributed by atoms with Gasteiger partial charge in [0.1, 0.15) is 0 Å². The second-order valence-corrected chi connectivity index (χ2v) is 3.27. The van der Waals surface area contributed by atoms with Crippen molar-refractivity contribution in [1.29, 1.82) is 0 Å². The van der Waals surface area contributed by atoms with E-state index >= 15 is 0 Å². The van der Waals surface area contributed by atoms with Gasteiger partial charge >= 0.3 is 6.18 Å². The van der Waals surface area contributed by atoms with Crippen LogP contribution in [0.2, 0.25) is 0 Å². The topological polar surface area (TPSA) is 12.0 Å². The summed E-state index contributed by atoms with van der Waals surface area (Å²) in [5.41, 5.74) is 0. The molecule has 0 heterocycles. The fraction of sp³-hybridized carbons (Fsp3) is 0.800. The average molecular weight is 209 g/mol. The smallest absolute Gasteiger partial charge is 0.314 e. The van der Waals surface area contributed by atoms with E-state index in [9.17, 15) is 13.2 Å². The molecule has 0 aromatic rings. The van der Waals surface area contributed by atoms with Gasteiger partial charge < -0.3 is 5.32 Å². The molecule has 4 heteroatoms. The Morgan fingerprint density at radius 3 is 2.43 bits per heavy atom. The van der Waals surface area contributed by atoms with E-state index < -0.39 is 12.6 Å². The van der Waals surface area contributed by atoms with Crippen LogP contribution in [0.1, 0.15) is 32.6 Å². The van der Waals surface area contributed by atoms with Crippen LogP contribution in [-0.2, 0) is 0 Å². The minimum absolute atomic E-state index is 0.0420. The van der Waals surface area contributed by atoms with Gasteiger partial charge in [0.15, 0.2) is 0 Å². The molecule has 0 aliphatic carbocycles. The summed E-state index contributed by atoms with van der Waals surface area (Å²) in [6.45, 7) is 6.16. The summed E-state index contributed by atoms with van der Waals surface area (Å²) < 4.78 is 35.8. The second-order valence-electron chi connectivity index (χ2n) is 3.27. The van der Waals surface area contributed by atoms with Crippen LogP contribution in [0.5, 0.6) is 0 Å². The van der Waals surface area contributed by atoms with Gasteiger partial charge in [-0.3, -0.25) is 0 Å². The molecule has 1 atom stereocenters. The predicted molar refractivity (Wildman–Crippen MR) is 52.2 cm³/mol. The molecule has 1 N–H and O–H groups in total. The SMILES string of the molecule is C=CCCC(CCC(F)(F)F)NCC. The van der Waals surface area contributed by atoms with E-state index in [4.69, 9.17) is 0 Å². The molecule has 0 radical (unpaired) electrons. The lowest BCUT2D eigenvalue weighted by molar-refractivity contribution is -0.136. The van der Waals surface area contributed by atoms with Crippen molar-refractivity contribution in [2.24, 2.45) is 0 Å². The van der Waals surface area contributed by atoms with E-state index in [1.165, 1.54) is 0 Å².